The van der Waals surface area contributed by atoms with Crippen LogP contribution in [0.2, 0.25) is 0 Å². The van der Waals surface area contributed by atoms with Gasteiger partial charge in [0.25, 0.3) is 0 Å². The van der Waals surface area contributed by atoms with Crippen molar-refractivity contribution in [2.45, 2.75) is 6.61 Å². The van der Waals surface area contributed by atoms with Crippen molar-refractivity contribution < 1.29 is 19.0 Å². The van der Waals surface area contributed by atoms with Crippen LogP contribution in [0.5, 0.6) is 5.75 Å². The van der Waals surface area contributed by atoms with Crippen molar-refractivity contribution in [3.05, 3.63) is 63.4 Å². The van der Waals surface area contributed by atoms with E-state index in [0.29, 0.717) is 10.0 Å². The molecule has 0 aromatic heterocycles. The molecule has 0 spiro atoms. The number of ether oxygens (including phenoxy) is 1. The minimum absolute atomic E-state index is 0.00119. The molecule has 0 aliphatic heterocycles. The molecule has 0 bridgehead atoms. The number of rotatable bonds is 4. The van der Waals surface area contributed by atoms with Gasteiger partial charge in [-0.05, 0) is 51.8 Å². The highest BCUT2D eigenvalue weighted by molar-refractivity contribution is 9.10. The van der Waals surface area contributed by atoms with Crippen molar-refractivity contribution in [3.8, 4) is 11.8 Å². The zero-order chi connectivity index (χ0) is 15.4. The minimum Gasteiger partial charge on any atom is -0.487 e. The highest BCUT2D eigenvalue weighted by atomic mass is 79.9. The average molecular weight is 350 g/mol. The van der Waals surface area contributed by atoms with Crippen molar-refractivity contribution in [1.29, 1.82) is 5.26 Å². The normalized spacial score (nSPS) is 9.95. The predicted molar refractivity (Wildman–Crippen MR) is 76.5 cm³/mol. The smallest absolute Gasteiger partial charge is 0.339 e. The van der Waals surface area contributed by atoms with Crippen LogP contribution in [-0.4, -0.2) is 11.1 Å². The molecule has 2 rings (SSSR count). The number of carboxylic acids is 1. The maximum absolute atomic E-state index is 13.3. The molecule has 0 aliphatic rings. The molecule has 0 amide bonds. The Labute approximate surface area is 128 Å². The van der Waals surface area contributed by atoms with E-state index >= 15 is 0 Å². The lowest BCUT2D eigenvalue weighted by atomic mass is 10.1. The molecule has 0 radical (unpaired) electrons. The molecular formula is C15H9BrFNO3. The van der Waals surface area contributed by atoms with E-state index in [1.54, 1.807) is 12.1 Å². The van der Waals surface area contributed by atoms with Crippen LogP contribution in [0.4, 0.5) is 4.39 Å². The van der Waals surface area contributed by atoms with Gasteiger partial charge in [-0.25, -0.2) is 9.18 Å². The second-order valence-electron chi connectivity index (χ2n) is 4.17. The molecular weight excluding hydrogens is 341 g/mol. The number of aromatic carboxylic acids is 1. The van der Waals surface area contributed by atoms with Crippen LogP contribution in [0.3, 0.4) is 0 Å². The van der Waals surface area contributed by atoms with Crippen molar-refractivity contribution in [1.82, 2.24) is 0 Å². The number of nitrogens with zero attached hydrogens (tertiary/aromatic N) is 1. The van der Waals surface area contributed by atoms with Crippen molar-refractivity contribution in [3.63, 3.8) is 0 Å². The molecule has 4 nitrogen and oxygen atoms in total. The highest BCUT2D eigenvalue weighted by Crippen LogP contribution is 2.30. The Kier molecular flexibility index (Phi) is 4.55. The Bertz CT molecular complexity index is 740. The van der Waals surface area contributed by atoms with Crippen LogP contribution in [0.1, 0.15) is 21.5 Å². The zero-order valence-electron chi connectivity index (χ0n) is 10.6. The van der Waals surface area contributed by atoms with Gasteiger partial charge in [-0.2, -0.15) is 5.26 Å². The monoisotopic (exact) mass is 349 g/mol. The maximum Gasteiger partial charge on any atom is 0.339 e. The molecule has 0 unspecified atom stereocenters. The minimum atomic E-state index is -1.12. The fourth-order valence-electron chi connectivity index (χ4n) is 1.78. The lowest BCUT2D eigenvalue weighted by Crippen LogP contribution is -2.04. The molecule has 0 aliphatic carbocycles. The predicted octanol–water partition coefficient (Wildman–Crippen LogP) is 3.74. The average Bonchev–Trinajstić information content (AvgIpc) is 2.45. The Morgan fingerprint density at radius 2 is 2.14 bits per heavy atom. The van der Waals surface area contributed by atoms with E-state index in [1.807, 2.05) is 6.07 Å². The molecule has 0 atom stereocenters. The third-order valence-corrected chi connectivity index (χ3v) is 3.29. The lowest BCUT2D eigenvalue weighted by molar-refractivity contribution is 0.0691. The summed E-state index contributed by atoms with van der Waals surface area (Å²) in [6, 6.07) is 10.3. The summed E-state index contributed by atoms with van der Waals surface area (Å²) in [6.45, 7) is -0.0463. The van der Waals surface area contributed by atoms with E-state index < -0.39 is 11.8 Å². The number of hydrogen-bond donors (Lipinski definition) is 1. The van der Waals surface area contributed by atoms with Gasteiger partial charge in [0.2, 0.25) is 0 Å². The lowest BCUT2D eigenvalue weighted by Gasteiger charge is -2.11. The van der Waals surface area contributed by atoms with Gasteiger partial charge in [0.15, 0.2) is 0 Å². The summed E-state index contributed by atoms with van der Waals surface area (Å²) in [5.74, 6) is -1.51. The molecule has 2 aromatic rings. The van der Waals surface area contributed by atoms with Crippen LogP contribution in [0.25, 0.3) is 0 Å². The van der Waals surface area contributed by atoms with E-state index in [0.717, 1.165) is 6.07 Å². The van der Waals surface area contributed by atoms with E-state index in [-0.39, 0.29) is 23.5 Å². The van der Waals surface area contributed by atoms with Crippen molar-refractivity contribution in [2.24, 2.45) is 0 Å². The number of benzene rings is 2. The van der Waals surface area contributed by atoms with E-state index in [9.17, 15) is 9.18 Å². The van der Waals surface area contributed by atoms with Gasteiger partial charge < -0.3 is 9.84 Å². The zero-order valence-corrected chi connectivity index (χ0v) is 12.2. The molecule has 2 aromatic carbocycles. The SMILES string of the molecule is N#Cc1cc(F)cc(COc2c(Br)cccc2C(=O)O)c1. The number of carbonyl (C=O) groups is 1. The Balaban J connectivity index is 2.27. The van der Waals surface area contributed by atoms with Crippen LogP contribution >= 0.6 is 15.9 Å². The summed E-state index contributed by atoms with van der Waals surface area (Å²) in [5.41, 5.74) is 0.624. The summed E-state index contributed by atoms with van der Waals surface area (Å²) in [6.07, 6.45) is 0. The first-order chi connectivity index (χ1) is 10.0. The van der Waals surface area contributed by atoms with Crippen LogP contribution in [-0.2, 0) is 6.61 Å². The fraction of sp³-hybridized carbons (Fsp3) is 0.0667. The van der Waals surface area contributed by atoms with Crippen LogP contribution in [0.15, 0.2) is 40.9 Å². The topological polar surface area (TPSA) is 70.3 Å². The first-order valence-corrected chi connectivity index (χ1v) is 6.64. The molecule has 0 fully saturated rings. The van der Waals surface area contributed by atoms with E-state index in [2.05, 4.69) is 15.9 Å². The van der Waals surface area contributed by atoms with Crippen molar-refractivity contribution >= 4 is 21.9 Å². The molecule has 0 heterocycles. The van der Waals surface area contributed by atoms with Gasteiger partial charge in [0, 0.05) is 0 Å². The number of para-hydroxylation sites is 1. The van der Waals surface area contributed by atoms with E-state index in [1.165, 1.54) is 18.2 Å². The Morgan fingerprint density at radius 1 is 1.38 bits per heavy atom. The second-order valence-corrected chi connectivity index (χ2v) is 5.02. The third kappa shape index (κ3) is 3.58. The molecule has 0 saturated heterocycles. The van der Waals surface area contributed by atoms with Gasteiger partial charge >= 0.3 is 5.97 Å². The maximum atomic E-state index is 13.3. The molecule has 1 N–H and O–H groups in total. The third-order valence-electron chi connectivity index (χ3n) is 2.67. The van der Waals surface area contributed by atoms with Crippen LogP contribution in [0, 0.1) is 17.1 Å². The van der Waals surface area contributed by atoms with Crippen molar-refractivity contribution in [2.75, 3.05) is 0 Å². The largest absolute Gasteiger partial charge is 0.487 e. The second kappa shape index (κ2) is 6.37. The van der Waals surface area contributed by atoms with Gasteiger partial charge in [-0.15, -0.1) is 0 Å². The summed E-state index contributed by atoms with van der Waals surface area (Å²) < 4.78 is 19.3. The fourth-order valence-corrected chi connectivity index (χ4v) is 2.26. The van der Waals surface area contributed by atoms with E-state index in [4.69, 9.17) is 15.1 Å². The van der Waals surface area contributed by atoms with Gasteiger partial charge in [0.1, 0.15) is 23.7 Å². The molecule has 6 heteroatoms. The Hall–Kier alpha value is -2.39. The molecule has 0 saturated carbocycles. The first-order valence-electron chi connectivity index (χ1n) is 5.85. The first kappa shape index (κ1) is 15.0. The quantitative estimate of drug-likeness (QED) is 0.912. The number of halogens is 2. The highest BCUT2D eigenvalue weighted by Gasteiger charge is 2.14. The van der Waals surface area contributed by atoms with Crippen LogP contribution < -0.4 is 4.74 Å². The molecule has 21 heavy (non-hydrogen) atoms. The summed E-state index contributed by atoms with van der Waals surface area (Å²) >= 11 is 3.22. The summed E-state index contributed by atoms with van der Waals surface area (Å²) in [7, 11) is 0. The summed E-state index contributed by atoms with van der Waals surface area (Å²) in [5, 5.41) is 17.9. The number of hydrogen-bond acceptors (Lipinski definition) is 3. The summed E-state index contributed by atoms with van der Waals surface area (Å²) in [4.78, 5) is 11.1. The number of nitriles is 1. The van der Waals surface area contributed by atoms with Gasteiger partial charge in [-0.3, -0.25) is 0 Å². The standard InChI is InChI=1S/C15H9BrFNO3/c16-13-3-1-2-12(15(19)20)14(13)21-8-10-4-9(7-18)5-11(17)6-10/h1-6H,8H2,(H,19,20). The molecule has 106 valence electrons. The van der Waals surface area contributed by atoms with Gasteiger partial charge in [0.05, 0.1) is 16.1 Å². The van der Waals surface area contributed by atoms with Gasteiger partial charge in [-0.1, -0.05) is 6.07 Å². The Morgan fingerprint density at radius 3 is 2.81 bits per heavy atom. The number of carboxylic acid groups (broad SMARTS) is 1.